The van der Waals surface area contributed by atoms with Gasteiger partial charge < -0.3 is 19.3 Å². The van der Waals surface area contributed by atoms with Crippen molar-refractivity contribution in [3.8, 4) is 0 Å². The molecule has 1 fully saturated rings. The zero-order valence-electron chi connectivity index (χ0n) is 12.9. The van der Waals surface area contributed by atoms with Crippen molar-refractivity contribution in [3.05, 3.63) is 0 Å². The largest absolute Gasteiger partial charge is 0.356 e. The normalized spacial score (nSPS) is 29.4. The number of ether oxygens (including phenoxy) is 2. The molecular weight excluding hydrogens is 281 g/mol. The molecule has 4 atom stereocenters. The molecule has 1 aliphatic heterocycles. The van der Waals surface area contributed by atoms with Crippen LogP contribution in [0.4, 0.5) is 0 Å². The van der Waals surface area contributed by atoms with Gasteiger partial charge in [0, 0.05) is 26.1 Å². The first kappa shape index (κ1) is 17.6. The second-order valence-electron chi connectivity index (χ2n) is 5.30. The van der Waals surface area contributed by atoms with Crippen LogP contribution in [0.15, 0.2) is 0 Å². The van der Waals surface area contributed by atoms with Crippen molar-refractivity contribution in [1.82, 2.24) is 5.32 Å². The molecule has 0 aromatic heterocycles. The second kappa shape index (κ2) is 7.55. The Morgan fingerprint density at radius 2 is 2.15 bits per heavy atom. The third-order valence-corrected chi connectivity index (χ3v) is 6.58. The minimum Gasteiger partial charge on any atom is -0.356 e. The van der Waals surface area contributed by atoms with E-state index in [2.05, 4.69) is 5.32 Å². The lowest BCUT2D eigenvalue weighted by Gasteiger charge is -2.27. The van der Waals surface area contributed by atoms with Gasteiger partial charge in [-0.2, -0.15) is 0 Å². The molecule has 0 aromatic rings. The maximum absolute atomic E-state index is 12.8. The minimum atomic E-state index is -2.79. The van der Waals surface area contributed by atoms with Gasteiger partial charge in [0.05, 0.1) is 24.9 Å². The predicted octanol–water partition coefficient (Wildman–Crippen LogP) is 1.98. The first-order chi connectivity index (χ1) is 9.32. The Balaban J connectivity index is 2.80. The highest BCUT2D eigenvalue weighted by Gasteiger charge is 2.41. The Morgan fingerprint density at radius 3 is 2.60 bits per heavy atom. The minimum absolute atomic E-state index is 0.0781. The summed E-state index contributed by atoms with van der Waals surface area (Å²) in [6, 6.07) is -0.190. The smallest absolute Gasteiger partial charge is 0.217 e. The van der Waals surface area contributed by atoms with Crippen molar-refractivity contribution in [3.63, 3.8) is 0 Å². The number of hydrogen-bond acceptors (Lipinski definition) is 5. The summed E-state index contributed by atoms with van der Waals surface area (Å²) in [6.07, 6.45) is 0.136. The van der Waals surface area contributed by atoms with E-state index >= 15 is 0 Å². The van der Waals surface area contributed by atoms with Gasteiger partial charge in [0.15, 0.2) is 6.29 Å². The van der Waals surface area contributed by atoms with E-state index in [0.29, 0.717) is 19.2 Å². The predicted molar refractivity (Wildman–Crippen MR) is 77.1 cm³/mol. The fraction of sp³-hybridized carbons (Fsp3) is 0.923. The van der Waals surface area contributed by atoms with Gasteiger partial charge in [0.25, 0.3) is 0 Å². The van der Waals surface area contributed by atoms with Crippen LogP contribution in [0.1, 0.15) is 34.1 Å². The third kappa shape index (κ3) is 4.55. The maximum Gasteiger partial charge on any atom is 0.217 e. The van der Waals surface area contributed by atoms with Crippen molar-refractivity contribution < 1.29 is 23.4 Å². The summed E-state index contributed by atoms with van der Waals surface area (Å²) in [7, 11) is -1.23. The maximum atomic E-state index is 12.8. The fourth-order valence-electron chi connectivity index (χ4n) is 2.32. The molecular formula is C13H26NO5P. The van der Waals surface area contributed by atoms with Gasteiger partial charge in [-0.25, -0.2) is 0 Å². The molecule has 1 amide bonds. The molecule has 0 bridgehead atoms. The van der Waals surface area contributed by atoms with Crippen molar-refractivity contribution in [2.45, 2.75) is 58.2 Å². The zero-order valence-corrected chi connectivity index (χ0v) is 13.8. The molecule has 1 saturated heterocycles. The highest BCUT2D eigenvalue weighted by atomic mass is 31.2. The number of carbonyl (C=O) groups is 1. The van der Waals surface area contributed by atoms with E-state index in [1.54, 1.807) is 7.11 Å². The number of nitrogens with one attached hydrogen (secondary N) is 1. The van der Waals surface area contributed by atoms with E-state index in [-0.39, 0.29) is 30.0 Å². The molecule has 0 aliphatic carbocycles. The Hall–Kier alpha value is -0.420. The van der Waals surface area contributed by atoms with Gasteiger partial charge in [0.1, 0.15) is 0 Å². The lowest BCUT2D eigenvalue weighted by molar-refractivity contribution is -0.121. The van der Waals surface area contributed by atoms with Crippen molar-refractivity contribution in [1.29, 1.82) is 0 Å². The molecule has 20 heavy (non-hydrogen) atoms. The van der Waals surface area contributed by atoms with Crippen LogP contribution in [-0.2, 0) is 23.4 Å². The summed E-state index contributed by atoms with van der Waals surface area (Å²) in [5.41, 5.74) is -0.0781. The first-order valence-corrected chi connectivity index (χ1v) is 8.89. The molecule has 7 heteroatoms. The highest BCUT2D eigenvalue weighted by molar-refractivity contribution is 7.59. The fourth-order valence-corrected chi connectivity index (χ4v) is 4.43. The van der Waals surface area contributed by atoms with Gasteiger partial charge in [-0.05, 0) is 6.92 Å². The average Bonchev–Trinajstić information content (AvgIpc) is 2.70. The van der Waals surface area contributed by atoms with Gasteiger partial charge in [-0.15, -0.1) is 0 Å². The summed E-state index contributed by atoms with van der Waals surface area (Å²) in [6.45, 7) is 7.45. The average molecular weight is 307 g/mol. The van der Waals surface area contributed by atoms with Gasteiger partial charge >= 0.3 is 0 Å². The first-order valence-electron chi connectivity index (χ1n) is 7.01. The number of amides is 1. The summed E-state index contributed by atoms with van der Waals surface area (Å²) >= 11 is 0. The van der Waals surface area contributed by atoms with Crippen LogP contribution in [0.5, 0.6) is 0 Å². The summed E-state index contributed by atoms with van der Waals surface area (Å²) < 4.78 is 29.2. The molecule has 118 valence electrons. The van der Waals surface area contributed by atoms with Crippen LogP contribution in [0.2, 0.25) is 0 Å². The van der Waals surface area contributed by atoms with Crippen LogP contribution >= 0.6 is 7.37 Å². The standard InChI is InChI=1S/C13H26NO5P/c1-6-18-20(16,9(2)3)8-12-11(14-10(4)15)7-13(17-5)19-12/h9,11-13H,6-8H2,1-5H3,(H,14,15)/t11-,12-,13-,20?/m1/s1. The third-order valence-electron chi connectivity index (χ3n) is 3.44. The summed E-state index contributed by atoms with van der Waals surface area (Å²) in [5.74, 6) is -0.129. The lowest BCUT2D eigenvalue weighted by Crippen LogP contribution is -2.41. The molecule has 0 spiro atoms. The van der Waals surface area contributed by atoms with E-state index < -0.39 is 7.37 Å². The molecule has 0 saturated carbocycles. The molecule has 1 aliphatic rings. The Kier molecular flexibility index (Phi) is 6.65. The van der Waals surface area contributed by atoms with E-state index in [9.17, 15) is 9.36 Å². The monoisotopic (exact) mass is 307 g/mol. The summed E-state index contributed by atoms with van der Waals surface area (Å²) in [4.78, 5) is 11.3. The van der Waals surface area contributed by atoms with Gasteiger partial charge in [0.2, 0.25) is 13.3 Å². The van der Waals surface area contributed by atoms with Gasteiger partial charge in [-0.1, -0.05) is 13.8 Å². The number of hydrogen-bond donors (Lipinski definition) is 1. The molecule has 1 unspecified atom stereocenters. The van der Waals surface area contributed by atoms with Crippen LogP contribution < -0.4 is 5.32 Å². The second-order valence-corrected chi connectivity index (χ2v) is 8.41. The van der Waals surface area contributed by atoms with Gasteiger partial charge in [-0.3, -0.25) is 9.36 Å². The van der Waals surface area contributed by atoms with Crippen molar-refractivity contribution >= 4 is 13.3 Å². The molecule has 0 aromatic carbocycles. The highest BCUT2D eigenvalue weighted by Crippen LogP contribution is 2.53. The topological polar surface area (TPSA) is 73.9 Å². The van der Waals surface area contributed by atoms with E-state index in [1.165, 1.54) is 6.92 Å². The summed E-state index contributed by atoms with van der Waals surface area (Å²) in [5, 5.41) is 2.84. The van der Waals surface area contributed by atoms with Crippen LogP contribution in [0.3, 0.4) is 0 Å². The molecule has 1 heterocycles. The Morgan fingerprint density at radius 1 is 1.50 bits per heavy atom. The molecule has 6 nitrogen and oxygen atoms in total. The molecule has 1 N–H and O–H groups in total. The van der Waals surface area contributed by atoms with E-state index in [1.807, 2.05) is 20.8 Å². The van der Waals surface area contributed by atoms with Crippen molar-refractivity contribution in [2.24, 2.45) is 0 Å². The Labute approximate surface area is 121 Å². The number of carbonyl (C=O) groups excluding carboxylic acids is 1. The molecule has 1 rings (SSSR count). The molecule has 0 radical (unpaired) electrons. The van der Waals surface area contributed by atoms with Crippen molar-refractivity contribution in [2.75, 3.05) is 19.9 Å². The lowest BCUT2D eigenvalue weighted by atomic mass is 10.1. The van der Waals surface area contributed by atoms with Crippen LogP contribution in [-0.4, -0.2) is 49.9 Å². The SMILES string of the molecule is CCOP(=O)(C[C@H]1O[C@@H](OC)C[C@H]1NC(C)=O)C(C)C. The van der Waals surface area contributed by atoms with Crippen LogP contribution in [0.25, 0.3) is 0 Å². The number of rotatable bonds is 7. The van der Waals surface area contributed by atoms with E-state index in [0.717, 1.165) is 0 Å². The zero-order chi connectivity index (χ0) is 15.3. The Bertz CT molecular complexity index is 374. The van der Waals surface area contributed by atoms with E-state index in [4.69, 9.17) is 14.0 Å². The number of methoxy groups -OCH3 is 1. The van der Waals surface area contributed by atoms with Crippen LogP contribution in [0, 0.1) is 0 Å². The quantitative estimate of drug-likeness (QED) is 0.728.